The molecule has 0 radical (unpaired) electrons. The van der Waals surface area contributed by atoms with E-state index in [9.17, 15) is 0 Å². The molecule has 130 valence electrons. The second kappa shape index (κ2) is 11.2. The Bertz CT molecular complexity index is 312. The summed E-state index contributed by atoms with van der Waals surface area (Å²) in [5.74, 6) is 2.26. The van der Waals surface area contributed by atoms with Crippen LogP contribution in [0, 0.1) is 0 Å². The molecule has 1 atom stereocenters. The maximum absolute atomic E-state index is 4.33. The molecule has 0 aromatic rings. The van der Waals surface area contributed by atoms with E-state index < -0.39 is 0 Å². The average Bonchev–Trinajstić information content (AvgIpc) is 2.91. The minimum Gasteiger partial charge on any atom is -0.356 e. The zero-order valence-electron chi connectivity index (χ0n) is 15.1. The van der Waals surface area contributed by atoms with Crippen LogP contribution in [-0.2, 0) is 0 Å². The van der Waals surface area contributed by atoms with Crippen LogP contribution in [0.25, 0.3) is 0 Å². The van der Waals surface area contributed by atoms with Gasteiger partial charge in [0.2, 0.25) is 0 Å². The number of thioether (sulfide) groups is 1. The van der Waals surface area contributed by atoms with Gasteiger partial charge in [0.15, 0.2) is 5.96 Å². The lowest BCUT2D eigenvalue weighted by Crippen LogP contribution is -2.43. The fourth-order valence-electron chi connectivity index (χ4n) is 2.76. The van der Waals surface area contributed by atoms with Crippen molar-refractivity contribution in [3.63, 3.8) is 0 Å². The minimum absolute atomic E-state index is 0.393. The second-order valence-electron chi connectivity index (χ2n) is 6.83. The first-order chi connectivity index (χ1) is 10.6. The third-order valence-electron chi connectivity index (χ3n) is 4.23. The van der Waals surface area contributed by atoms with E-state index in [1.54, 1.807) is 0 Å². The number of guanidine groups is 1. The first-order valence-corrected chi connectivity index (χ1v) is 9.77. The highest BCUT2D eigenvalue weighted by Crippen LogP contribution is 2.36. The number of hydrogen-bond donors (Lipinski definition) is 2. The molecule has 1 aliphatic rings. The van der Waals surface area contributed by atoms with Gasteiger partial charge >= 0.3 is 0 Å². The van der Waals surface area contributed by atoms with Crippen molar-refractivity contribution in [2.24, 2.45) is 4.99 Å². The number of unbranched alkanes of at least 4 members (excludes halogenated alkanes) is 4. The molecule has 1 heterocycles. The lowest BCUT2D eigenvalue weighted by atomic mass is 10.1. The van der Waals surface area contributed by atoms with Gasteiger partial charge in [0.1, 0.15) is 0 Å². The summed E-state index contributed by atoms with van der Waals surface area (Å²) in [5, 5.41) is 6.93. The molecule has 22 heavy (non-hydrogen) atoms. The highest BCUT2D eigenvalue weighted by atomic mass is 32.2. The van der Waals surface area contributed by atoms with E-state index in [4.69, 9.17) is 0 Å². The molecule has 1 saturated heterocycles. The molecule has 1 fully saturated rings. The summed E-state index contributed by atoms with van der Waals surface area (Å²) < 4.78 is 0.393. The third kappa shape index (κ3) is 8.89. The highest BCUT2D eigenvalue weighted by Gasteiger charge is 2.29. The van der Waals surface area contributed by atoms with Crippen LogP contribution in [0.2, 0.25) is 0 Å². The first-order valence-electron chi connectivity index (χ1n) is 8.79. The van der Waals surface area contributed by atoms with Gasteiger partial charge < -0.3 is 15.5 Å². The summed E-state index contributed by atoms with van der Waals surface area (Å²) in [4.78, 5) is 6.59. The number of hydrogen-bond acceptors (Lipinski definition) is 3. The summed E-state index contributed by atoms with van der Waals surface area (Å²) in [6, 6.07) is 0. The van der Waals surface area contributed by atoms with Crippen LogP contribution < -0.4 is 10.6 Å². The van der Waals surface area contributed by atoms with Crippen LogP contribution >= 0.6 is 11.8 Å². The average molecular weight is 329 g/mol. The highest BCUT2D eigenvalue weighted by molar-refractivity contribution is 8.00. The molecule has 0 amide bonds. The van der Waals surface area contributed by atoms with Crippen LogP contribution in [-0.4, -0.2) is 62.1 Å². The second-order valence-corrected chi connectivity index (χ2v) is 8.51. The Morgan fingerprint density at radius 2 is 1.86 bits per heavy atom. The van der Waals surface area contributed by atoms with Crippen LogP contribution in [0.1, 0.15) is 51.9 Å². The Morgan fingerprint density at radius 1 is 1.14 bits per heavy atom. The summed E-state index contributed by atoms with van der Waals surface area (Å²) in [5.41, 5.74) is 0. The van der Waals surface area contributed by atoms with Crippen LogP contribution in [0.5, 0.6) is 0 Å². The van der Waals surface area contributed by atoms with Gasteiger partial charge in [-0.15, -0.1) is 0 Å². The summed E-state index contributed by atoms with van der Waals surface area (Å²) in [7, 11) is 6.15. The van der Waals surface area contributed by atoms with Gasteiger partial charge in [0.25, 0.3) is 0 Å². The predicted octanol–water partition coefficient (Wildman–Crippen LogP) is 2.95. The molecule has 5 heteroatoms. The lowest BCUT2D eigenvalue weighted by Gasteiger charge is -2.24. The van der Waals surface area contributed by atoms with E-state index in [0.717, 1.165) is 19.0 Å². The van der Waals surface area contributed by atoms with Crippen molar-refractivity contribution < 1.29 is 0 Å². The number of nitrogens with one attached hydrogen (secondary N) is 2. The van der Waals surface area contributed by atoms with Crippen molar-refractivity contribution in [3.05, 3.63) is 0 Å². The van der Waals surface area contributed by atoms with Gasteiger partial charge in [0, 0.05) is 24.9 Å². The monoisotopic (exact) mass is 328 g/mol. The largest absolute Gasteiger partial charge is 0.356 e. The molecule has 0 saturated carbocycles. The Morgan fingerprint density at radius 3 is 2.50 bits per heavy atom. The maximum atomic E-state index is 4.33. The molecule has 0 aliphatic carbocycles. The fourth-order valence-corrected chi connectivity index (χ4v) is 4.00. The molecule has 1 aliphatic heterocycles. The Kier molecular flexibility index (Phi) is 9.96. The van der Waals surface area contributed by atoms with Gasteiger partial charge in [-0.25, -0.2) is 0 Å². The van der Waals surface area contributed by atoms with Crippen molar-refractivity contribution in [1.82, 2.24) is 15.5 Å². The standard InChI is InChI=1S/C17H36N4S/c1-17(11-10-14-22-17)15-20-16(18-2)19-12-8-6-5-7-9-13-21(3)4/h5-15H2,1-4H3,(H2,18,19,20). The van der Waals surface area contributed by atoms with E-state index in [2.05, 4.69) is 53.3 Å². The fraction of sp³-hybridized carbons (Fsp3) is 0.941. The van der Waals surface area contributed by atoms with Crippen molar-refractivity contribution in [2.75, 3.05) is 46.5 Å². The Balaban J connectivity index is 2.00. The normalized spacial score (nSPS) is 22.3. The topological polar surface area (TPSA) is 39.7 Å². The van der Waals surface area contributed by atoms with E-state index in [1.165, 1.54) is 57.2 Å². The van der Waals surface area contributed by atoms with Gasteiger partial charge in [-0.1, -0.05) is 19.3 Å². The maximum Gasteiger partial charge on any atom is 0.191 e. The molecule has 0 bridgehead atoms. The molecule has 4 nitrogen and oxygen atoms in total. The van der Waals surface area contributed by atoms with Crippen molar-refractivity contribution in [2.45, 2.75) is 56.6 Å². The Hall–Kier alpha value is -0.420. The summed E-state index contributed by atoms with van der Waals surface area (Å²) in [6.07, 6.45) is 9.22. The molecular formula is C17H36N4S. The van der Waals surface area contributed by atoms with Crippen molar-refractivity contribution >= 4 is 17.7 Å². The predicted molar refractivity (Wildman–Crippen MR) is 101 cm³/mol. The smallest absolute Gasteiger partial charge is 0.191 e. The molecule has 0 aromatic carbocycles. The van der Waals surface area contributed by atoms with E-state index in [-0.39, 0.29) is 0 Å². The van der Waals surface area contributed by atoms with Crippen LogP contribution in [0.3, 0.4) is 0 Å². The van der Waals surface area contributed by atoms with E-state index in [1.807, 2.05) is 7.05 Å². The number of rotatable bonds is 10. The first kappa shape index (κ1) is 19.6. The lowest BCUT2D eigenvalue weighted by molar-refractivity contribution is 0.389. The van der Waals surface area contributed by atoms with Crippen LogP contribution in [0.4, 0.5) is 0 Å². The zero-order valence-corrected chi connectivity index (χ0v) is 15.9. The van der Waals surface area contributed by atoms with E-state index >= 15 is 0 Å². The Labute approximate surface area is 141 Å². The summed E-state index contributed by atoms with van der Waals surface area (Å²) >= 11 is 2.09. The van der Waals surface area contributed by atoms with Gasteiger partial charge in [-0.3, -0.25) is 4.99 Å². The number of aliphatic imine (C=N–C) groups is 1. The van der Waals surface area contributed by atoms with Crippen molar-refractivity contribution in [3.8, 4) is 0 Å². The minimum atomic E-state index is 0.393. The SMILES string of the molecule is CN=C(NCCCCCCCN(C)C)NCC1(C)CCCS1. The summed E-state index contributed by atoms with van der Waals surface area (Å²) in [6.45, 7) is 5.61. The molecule has 0 spiro atoms. The van der Waals surface area contributed by atoms with Gasteiger partial charge in [-0.05, 0) is 59.0 Å². The van der Waals surface area contributed by atoms with Crippen molar-refractivity contribution in [1.29, 1.82) is 0 Å². The number of nitrogens with zero attached hydrogens (tertiary/aromatic N) is 2. The molecule has 0 aromatic heterocycles. The quantitative estimate of drug-likeness (QED) is 0.367. The molecule has 2 N–H and O–H groups in total. The van der Waals surface area contributed by atoms with Gasteiger partial charge in [-0.2, -0.15) is 11.8 Å². The van der Waals surface area contributed by atoms with Crippen LogP contribution in [0.15, 0.2) is 4.99 Å². The zero-order chi connectivity index (χ0) is 16.3. The van der Waals surface area contributed by atoms with E-state index in [0.29, 0.717) is 4.75 Å². The molecule has 1 unspecified atom stereocenters. The molecule has 1 rings (SSSR count). The third-order valence-corrected chi connectivity index (χ3v) is 5.77. The van der Waals surface area contributed by atoms with Gasteiger partial charge in [0.05, 0.1) is 0 Å². The molecular weight excluding hydrogens is 292 g/mol.